The topological polar surface area (TPSA) is 114 Å². The lowest BCUT2D eigenvalue weighted by Crippen LogP contribution is -2.42. The number of carbonyl (C=O) groups is 2. The highest BCUT2D eigenvalue weighted by atomic mass is 16.6. The second-order valence-corrected chi connectivity index (χ2v) is 7.44. The van der Waals surface area contributed by atoms with Crippen molar-refractivity contribution in [3.63, 3.8) is 0 Å². The summed E-state index contributed by atoms with van der Waals surface area (Å²) in [6, 6.07) is 16.8. The monoisotopic (exact) mass is 492 g/mol. The lowest BCUT2D eigenvalue weighted by atomic mass is 10.1. The van der Waals surface area contributed by atoms with Crippen LogP contribution in [-0.2, 0) is 4.79 Å². The number of rotatable bonds is 8. The van der Waals surface area contributed by atoms with E-state index >= 15 is 0 Å². The molecule has 0 bridgehead atoms. The molecule has 1 heterocycles. The summed E-state index contributed by atoms with van der Waals surface area (Å²) in [5, 5.41) is 3.98. The van der Waals surface area contributed by atoms with Gasteiger partial charge in [0, 0.05) is 5.56 Å². The van der Waals surface area contributed by atoms with Crippen LogP contribution < -0.4 is 33.8 Å². The van der Waals surface area contributed by atoms with Gasteiger partial charge in [-0.25, -0.2) is 10.2 Å². The molecular weight excluding hydrogens is 468 g/mol. The second kappa shape index (κ2) is 11.1. The summed E-state index contributed by atoms with van der Waals surface area (Å²) in [6.07, 6.45) is 0.512. The van der Waals surface area contributed by atoms with Crippen LogP contribution in [0.3, 0.4) is 0 Å². The van der Waals surface area contributed by atoms with Gasteiger partial charge in [-0.3, -0.25) is 4.79 Å². The Morgan fingerprint density at radius 1 is 0.917 bits per heavy atom. The highest BCUT2D eigenvalue weighted by molar-refractivity contribution is 5.94. The molecule has 3 aromatic rings. The van der Waals surface area contributed by atoms with Crippen molar-refractivity contribution in [3.05, 3.63) is 71.8 Å². The van der Waals surface area contributed by atoms with Gasteiger partial charge in [-0.05, 0) is 36.4 Å². The molecule has 0 radical (unpaired) electrons. The van der Waals surface area contributed by atoms with Crippen molar-refractivity contribution in [1.82, 2.24) is 5.43 Å². The minimum Gasteiger partial charge on any atom is -0.493 e. The number of hydrogen-bond donors (Lipinski definition) is 1. The van der Waals surface area contributed by atoms with Gasteiger partial charge in [-0.1, -0.05) is 24.3 Å². The summed E-state index contributed by atoms with van der Waals surface area (Å²) in [7, 11) is 4.38. The summed E-state index contributed by atoms with van der Waals surface area (Å²) >= 11 is 0. The Labute approximate surface area is 207 Å². The number of nitrogens with one attached hydrogen (secondary N) is 1. The largest absolute Gasteiger partial charge is 0.493 e. The Morgan fingerprint density at radius 3 is 2.28 bits per heavy atom. The molecule has 1 atom stereocenters. The molecule has 0 spiro atoms. The molecule has 1 unspecified atom stereocenters. The van der Waals surface area contributed by atoms with Gasteiger partial charge in [0.1, 0.15) is 12.4 Å². The van der Waals surface area contributed by atoms with Crippen molar-refractivity contribution in [3.8, 4) is 34.5 Å². The normalized spacial score (nSPS) is 14.1. The van der Waals surface area contributed by atoms with Crippen LogP contribution in [-0.4, -0.2) is 52.1 Å². The van der Waals surface area contributed by atoms with Gasteiger partial charge in [-0.15, -0.1) is 0 Å². The van der Waals surface area contributed by atoms with E-state index < -0.39 is 18.0 Å². The Kier molecular flexibility index (Phi) is 7.54. The first-order valence-electron chi connectivity index (χ1n) is 10.9. The first-order chi connectivity index (χ1) is 17.5. The molecule has 0 aromatic heterocycles. The highest BCUT2D eigenvalue weighted by Crippen LogP contribution is 2.38. The number of hydrazone groups is 1. The molecule has 1 N–H and O–H groups in total. The third-order valence-electron chi connectivity index (χ3n) is 5.20. The first-order valence-corrected chi connectivity index (χ1v) is 10.9. The van der Waals surface area contributed by atoms with Crippen LogP contribution in [0.15, 0.2) is 65.8 Å². The molecule has 186 valence electrons. The molecule has 1 aliphatic heterocycles. The minimum absolute atomic E-state index is 0.0569. The average molecular weight is 492 g/mol. The number of hydrogen-bond acceptors (Lipinski definition) is 9. The fraction of sp³-hybridized carbons (Fsp3) is 0.192. The summed E-state index contributed by atoms with van der Waals surface area (Å²) < 4.78 is 32.7. The molecular formula is C26H24N2O8. The van der Waals surface area contributed by atoms with Crippen LogP contribution in [0, 0.1) is 0 Å². The van der Waals surface area contributed by atoms with Crippen LogP contribution >= 0.6 is 0 Å². The van der Waals surface area contributed by atoms with E-state index in [4.69, 9.17) is 28.4 Å². The molecule has 36 heavy (non-hydrogen) atoms. The summed E-state index contributed by atoms with van der Waals surface area (Å²) in [6.45, 7) is 0.0569. The smallest absolute Gasteiger partial charge is 0.343 e. The fourth-order valence-electron chi connectivity index (χ4n) is 3.42. The van der Waals surface area contributed by atoms with Crippen LogP contribution in [0.1, 0.15) is 15.9 Å². The van der Waals surface area contributed by atoms with Gasteiger partial charge in [0.15, 0.2) is 23.0 Å². The van der Waals surface area contributed by atoms with E-state index in [1.54, 1.807) is 42.5 Å². The van der Waals surface area contributed by atoms with E-state index in [-0.39, 0.29) is 17.9 Å². The number of esters is 1. The van der Waals surface area contributed by atoms with Gasteiger partial charge in [0.05, 0.1) is 33.1 Å². The average Bonchev–Trinajstić information content (AvgIpc) is 2.92. The Hall–Kier alpha value is -4.73. The fourth-order valence-corrected chi connectivity index (χ4v) is 3.42. The number of methoxy groups -OCH3 is 3. The summed E-state index contributed by atoms with van der Waals surface area (Å²) in [5.41, 5.74) is 3.08. The highest BCUT2D eigenvalue weighted by Gasteiger charge is 2.27. The minimum atomic E-state index is -0.856. The maximum atomic E-state index is 12.9. The third kappa shape index (κ3) is 5.33. The molecule has 0 aliphatic carbocycles. The van der Waals surface area contributed by atoms with Crippen molar-refractivity contribution in [2.24, 2.45) is 5.10 Å². The van der Waals surface area contributed by atoms with Crippen molar-refractivity contribution in [2.45, 2.75) is 6.10 Å². The summed E-state index contributed by atoms with van der Waals surface area (Å²) in [4.78, 5) is 25.3. The van der Waals surface area contributed by atoms with Crippen molar-refractivity contribution in [2.75, 3.05) is 27.9 Å². The molecule has 10 nitrogen and oxygen atoms in total. The zero-order valence-electron chi connectivity index (χ0n) is 19.8. The molecule has 4 rings (SSSR count). The Balaban J connectivity index is 1.44. The number of benzene rings is 3. The number of para-hydroxylation sites is 3. The molecule has 3 aromatic carbocycles. The van der Waals surface area contributed by atoms with Gasteiger partial charge in [0.25, 0.3) is 5.91 Å². The SMILES string of the molecule is COc1cc(C(=O)Oc2ccccc2C=NNC(=O)C2COc3ccccc3O2)cc(OC)c1OC. The predicted molar refractivity (Wildman–Crippen MR) is 130 cm³/mol. The van der Waals surface area contributed by atoms with E-state index in [0.29, 0.717) is 34.3 Å². The maximum absolute atomic E-state index is 12.9. The lowest BCUT2D eigenvalue weighted by Gasteiger charge is -2.24. The van der Waals surface area contributed by atoms with Gasteiger partial charge < -0.3 is 28.4 Å². The van der Waals surface area contributed by atoms with E-state index in [9.17, 15) is 9.59 Å². The molecule has 10 heteroatoms. The Bertz CT molecular complexity index is 1270. The van der Waals surface area contributed by atoms with E-state index in [0.717, 1.165) is 0 Å². The van der Waals surface area contributed by atoms with Crippen LogP contribution in [0.5, 0.6) is 34.5 Å². The lowest BCUT2D eigenvalue weighted by molar-refractivity contribution is -0.130. The number of fused-ring (bicyclic) bond motifs is 1. The Morgan fingerprint density at radius 2 is 1.58 bits per heavy atom. The predicted octanol–water partition coefficient (Wildman–Crippen LogP) is 3.22. The molecule has 0 saturated carbocycles. The van der Waals surface area contributed by atoms with Crippen molar-refractivity contribution < 1.29 is 38.0 Å². The van der Waals surface area contributed by atoms with Crippen LogP contribution in [0.2, 0.25) is 0 Å². The van der Waals surface area contributed by atoms with Crippen molar-refractivity contribution >= 4 is 18.1 Å². The van der Waals surface area contributed by atoms with Crippen LogP contribution in [0.4, 0.5) is 0 Å². The van der Waals surface area contributed by atoms with Gasteiger partial charge in [-0.2, -0.15) is 5.10 Å². The zero-order valence-corrected chi connectivity index (χ0v) is 19.8. The summed E-state index contributed by atoms with van der Waals surface area (Å²) in [5.74, 6) is 1.16. The molecule has 0 saturated heterocycles. The standard InChI is InChI=1S/C26H24N2O8/c1-31-21-12-17(13-22(32-2)24(21)33-3)26(30)36-18-9-5-4-8-16(18)14-27-28-25(29)23-15-34-19-10-6-7-11-20(19)35-23/h4-14,23H,15H2,1-3H3,(H,28,29). The number of carbonyl (C=O) groups excluding carboxylic acids is 2. The zero-order chi connectivity index (χ0) is 25.5. The number of amides is 1. The number of ether oxygens (including phenoxy) is 6. The number of nitrogens with zero attached hydrogens (tertiary/aromatic N) is 1. The quantitative estimate of drug-likeness (QED) is 0.221. The van der Waals surface area contributed by atoms with Crippen molar-refractivity contribution in [1.29, 1.82) is 0 Å². The van der Waals surface area contributed by atoms with E-state index in [1.165, 1.54) is 39.7 Å². The molecule has 0 fully saturated rings. The molecule has 1 amide bonds. The van der Waals surface area contributed by atoms with Gasteiger partial charge >= 0.3 is 5.97 Å². The third-order valence-corrected chi connectivity index (χ3v) is 5.20. The first kappa shape index (κ1) is 24.4. The maximum Gasteiger partial charge on any atom is 0.343 e. The van der Waals surface area contributed by atoms with E-state index in [2.05, 4.69) is 10.5 Å². The van der Waals surface area contributed by atoms with E-state index in [1.807, 2.05) is 6.07 Å². The van der Waals surface area contributed by atoms with Crippen LogP contribution in [0.25, 0.3) is 0 Å². The van der Waals surface area contributed by atoms with Gasteiger partial charge in [0.2, 0.25) is 11.9 Å². The second-order valence-electron chi connectivity index (χ2n) is 7.44. The molecule has 1 aliphatic rings.